The van der Waals surface area contributed by atoms with Crippen molar-refractivity contribution in [3.05, 3.63) is 59.9 Å². The van der Waals surface area contributed by atoms with Gasteiger partial charge in [0, 0.05) is 29.3 Å². The van der Waals surface area contributed by atoms with Crippen molar-refractivity contribution in [3.63, 3.8) is 0 Å². The first-order chi connectivity index (χ1) is 16.0. The van der Waals surface area contributed by atoms with Crippen LogP contribution < -0.4 is 15.4 Å². The Hall–Kier alpha value is -3.39. The molecule has 1 aromatic heterocycles. The van der Waals surface area contributed by atoms with Gasteiger partial charge in [-0.25, -0.2) is 4.79 Å². The molecule has 8 nitrogen and oxygen atoms in total. The zero-order valence-electron chi connectivity index (χ0n) is 19.4. The smallest absolute Gasteiger partial charge is 0.319 e. The molecule has 4 rings (SSSR count). The third-order valence-electron chi connectivity index (χ3n) is 5.88. The summed E-state index contributed by atoms with van der Waals surface area (Å²) in [5.74, 6) is 2.19. The maximum absolute atomic E-state index is 12.6. The standard InChI is InChI=1S/C25H31N5O3/c1-17(2)23-28-24(33-29-23)18-10-12-19(13-11-18)27-25(31)26-16-21(30-14-6-7-15-30)20-8-4-5-9-22(20)32-3/h4-5,8-13,17,21H,6-7,14-16H2,1-3H3,(H2,26,27,31). The number of amides is 2. The SMILES string of the molecule is COc1ccccc1C(CNC(=O)Nc1ccc(-c2nc(C(C)C)no2)cc1)N1CCCC1. The number of urea groups is 1. The highest BCUT2D eigenvalue weighted by molar-refractivity contribution is 5.89. The fraction of sp³-hybridized carbons (Fsp3) is 0.400. The van der Waals surface area contributed by atoms with E-state index in [4.69, 9.17) is 9.26 Å². The second-order valence-corrected chi connectivity index (χ2v) is 8.53. The van der Waals surface area contributed by atoms with E-state index in [-0.39, 0.29) is 18.0 Å². The van der Waals surface area contributed by atoms with Gasteiger partial charge in [0.1, 0.15) is 5.75 Å². The number of nitrogens with zero attached hydrogens (tertiary/aromatic N) is 3. The quantitative estimate of drug-likeness (QED) is 0.512. The van der Waals surface area contributed by atoms with E-state index in [1.807, 2.05) is 56.3 Å². The van der Waals surface area contributed by atoms with E-state index in [2.05, 4.69) is 31.7 Å². The Morgan fingerprint density at radius 3 is 2.52 bits per heavy atom. The Morgan fingerprint density at radius 2 is 1.85 bits per heavy atom. The molecule has 0 radical (unpaired) electrons. The number of carbonyl (C=O) groups excluding carboxylic acids is 1. The predicted octanol–water partition coefficient (Wildman–Crippen LogP) is 4.83. The van der Waals surface area contributed by atoms with Gasteiger partial charge in [-0.15, -0.1) is 0 Å². The van der Waals surface area contributed by atoms with E-state index in [1.54, 1.807) is 7.11 Å². The molecule has 0 spiro atoms. The van der Waals surface area contributed by atoms with Gasteiger partial charge < -0.3 is 19.9 Å². The van der Waals surface area contributed by atoms with Gasteiger partial charge in [-0.1, -0.05) is 37.2 Å². The molecule has 2 N–H and O–H groups in total. The summed E-state index contributed by atoms with van der Waals surface area (Å²) >= 11 is 0. The van der Waals surface area contributed by atoms with E-state index >= 15 is 0 Å². The van der Waals surface area contributed by atoms with Crippen molar-refractivity contribution in [2.45, 2.75) is 38.6 Å². The first kappa shape index (κ1) is 22.8. The summed E-state index contributed by atoms with van der Waals surface area (Å²) in [5.41, 5.74) is 2.59. The monoisotopic (exact) mass is 449 g/mol. The minimum absolute atomic E-state index is 0.0597. The summed E-state index contributed by atoms with van der Waals surface area (Å²) in [4.78, 5) is 19.5. The van der Waals surface area contributed by atoms with Crippen LogP contribution in [0.25, 0.3) is 11.5 Å². The van der Waals surface area contributed by atoms with Crippen molar-refractivity contribution >= 4 is 11.7 Å². The molecule has 1 aliphatic heterocycles. The van der Waals surface area contributed by atoms with Crippen LogP contribution in [-0.4, -0.2) is 47.8 Å². The molecule has 2 aromatic carbocycles. The number of methoxy groups -OCH3 is 1. The Bertz CT molecular complexity index is 1060. The van der Waals surface area contributed by atoms with E-state index in [1.165, 1.54) is 12.8 Å². The van der Waals surface area contributed by atoms with Crippen molar-refractivity contribution in [1.82, 2.24) is 20.4 Å². The second-order valence-electron chi connectivity index (χ2n) is 8.53. The lowest BCUT2D eigenvalue weighted by atomic mass is 10.0. The van der Waals surface area contributed by atoms with Crippen molar-refractivity contribution in [2.75, 3.05) is 32.1 Å². The summed E-state index contributed by atoms with van der Waals surface area (Å²) in [6.07, 6.45) is 2.34. The molecule has 174 valence electrons. The lowest BCUT2D eigenvalue weighted by molar-refractivity contribution is 0.224. The minimum atomic E-state index is -0.248. The van der Waals surface area contributed by atoms with Crippen LogP contribution in [0.2, 0.25) is 0 Å². The molecule has 1 fully saturated rings. The van der Waals surface area contributed by atoms with Crippen molar-refractivity contribution in [1.29, 1.82) is 0 Å². The van der Waals surface area contributed by atoms with Gasteiger partial charge in [0.05, 0.1) is 13.2 Å². The molecule has 0 bridgehead atoms. The largest absolute Gasteiger partial charge is 0.496 e. The van der Waals surface area contributed by atoms with Crippen molar-refractivity contribution < 1.29 is 14.1 Å². The van der Waals surface area contributed by atoms with Crippen LogP contribution in [0, 0.1) is 0 Å². The van der Waals surface area contributed by atoms with Crippen molar-refractivity contribution in [2.24, 2.45) is 0 Å². The molecule has 1 saturated heterocycles. The van der Waals surface area contributed by atoms with E-state index < -0.39 is 0 Å². The molecule has 0 aliphatic carbocycles. The van der Waals surface area contributed by atoms with Crippen LogP contribution in [0.4, 0.5) is 10.5 Å². The number of anilines is 1. The van der Waals surface area contributed by atoms with Crippen LogP contribution >= 0.6 is 0 Å². The number of ether oxygens (including phenoxy) is 1. The fourth-order valence-electron chi connectivity index (χ4n) is 4.08. The van der Waals surface area contributed by atoms with Gasteiger partial charge in [-0.3, -0.25) is 4.90 Å². The number of aromatic nitrogens is 2. The summed E-state index contributed by atoms with van der Waals surface area (Å²) < 4.78 is 10.9. The first-order valence-electron chi connectivity index (χ1n) is 11.4. The lowest BCUT2D eigenvalue weighted by Gasteiger charge is -2.29. The van der Waals surface area contributed by atoms with Gasteiger partial charge in [0.15, 0.2) is 5.82 Å². The number of likely N-dealkylation sites (tertiary alicyclic amines) is 1. The zero-order valence-corrected chi connectivity index (χ0v) is 19.4. The topological polar surface area (TPSA) is 92.5 Å². The fourth-order valence-corrected chi connectivity index (χ4v) is 4.08. The van der Waals surface area contributed by atoms with Crippen LogP contribution in [0.1, 0.15) is 50.0 Å². The summed E-state index contributed by atoms with van der Waals surface area (Å²) in [7, 11) is 1.68. The molecular formula is C25H31N5O3. The molecule has 2 amide bonds. The number of hydrogen-bond acceptors (Lipinski definition) is 6. The number of nitrogens with one attached hydrogen (secondary N) is 2. The second kappa shape index (κ2) is 10.5. The average molecular weight is 450 g/mol. The highest BCUT2D eigenvalue weighted by atomic mass is 16.5. The number of para-hydroxylation sites is 1. The predicted molar refractivity (Wildman–Crippen MR) is 127 cm³/mol. The molecule has 0 saturated carbocycles. The molecule has 1 atom stereocenters. The first-order valence-corrected chi connectivity index (χ1v) is 11.4. The van der Waals surface area contributed by atoms with Crippen LogP contribution in [0.5, 0.6) is 5.75 Å². The minimum Gasteiger partial charge on any atom is -0.496 e. The Morgan fingerprint density at radius 1 is 1.12 bits per heavy atom. The molecular weight excluding hydrogens is 418 g/mol. The highest BCUT2D eigenvalue weighted by Crippen LogP contribution is 2.31. The number of rotatable bonds is 8. The highest BCUT2D eigenvalue weighted by Gasteiger charge is 2.26. The maximum Gasteiger partial charge on any atom is 0.319 e. The summed E-state index contributed by atoms with van der Waals surface area (Å²) in [6.45, 7) is 6.55. The molecule has 2 heterocycles. The normalized spacial score (nSPS) is 14.9. The third kappa shape index (κ3) is 5.51. The Balaban J connectivity index is 1.38. The molecule has 33 heavy (non-hydrogen) atoms. The van der Waals surface area contributed by atoms with E-state index in [0.717, 1.165) is 30.0 Å². The van der Waals surface area contributed by atoms with Gasteiger partial charge in [0.25, 0.3) is 5.89 Å². The van der Waals surface area contributed by atoms with Gasteiger partial charge >= 0.3 is 6.03 Å². The Kier molecular flexibility index (Phi) is 7.24. The molecule has 1 unspecified atom stereocenters. The van der Waals surface area contributed by atoms with Crippen LogP contribution in [0.15, 0.2) is 53.1 Å². The number of hydrogen-bond donors (Lipinski definition) is 2. The number of benzene rings is 2. The van der Waals surface area contributed by atoms with Crippen LogP contribution in [-0.2, 0) is 0 Å². The average Bonchev–Trinajstić information content (AvgIpc) is 3.53. The number of carbonyl (C=O) groups is 1. The van der Waals surface area contributed by atoms with Gasteiger partial charge in [0.2, 0.25) is 0 Å². The summed E-state index contributed by atoms with van der Waals surface area (Å²) in [6, 6.07) is 15.2. The molecule has 8 heteroatoms. The zero-order chi connectivity index (χ0) is 23.2. The molecule has 3 aromatic rings. The third-order valence-corrected chi connectivity index (χ3v) is 5.88. The Labute approximate surface area is 194 Å². The van der Waals surface area contributed by atoms with Gasteiger partial charge in [-0.05, 0) is 56.3 Å². The van der Waals surface area contributed by atoms with Crippen LogP contribution in [0.3, 0.4) is 0 Å². The van der Waals surface area contributed by atoms with Gasteiger partial charge in [-0.2, -0.15) is 4.98 Å². The maximum atomic E-state index is 12.6. The lowest BCUT2D eigenvalue weighted by Crippen LogP contribution is -2.38. The van der Waals surface area contributed by atoms with E-state index in [9.17, 15) is 4.79 Å². The van der Waals surface area contributed by atoms with Crippen molar-refractivity contribution in [3.8, 4) is 17.2 Å². The summed E-state index contributed by atoms with van der Waals surface area (Å²) in [5, 5.41) is 9.93. The van der Waals surface area contributed by atoms with E-state index in [0.29, 0.717) is 23.9 Å². The molecule has 1 aliphatic rings.